The summed E-state index contributed by atoms with van der Waals surface area (Å²) in [6.45, 7) is 12.7. The summed E-state index contributed by atoms with van der Waals surface area (Å²) in [4.78, 5) is 0. The second-order valence-corrected chi connectivity index (χ2v) is 11.6. The van der Waals surface area contributed by atoms with Gasteiger partial charge in [0.2, 0.25) is 0 Å². The van der Waals surface area contributed by atoms with Crippen LogP contribution in [0.25, 0.3) is 0 Å². The monoisotopic (exact) mass is 460 g/mol. The third-order valence-electron chi connectivity index (χ3n) is 9.77. The molecule has 0 aromatic rings. The molecule has 4 nitrogen and oxygen atoms in total. The minimum atomic E-state index is -0.651. The van der Waals surface area contributed by atoms with E-state index >= 15 is 0 Å². The van der Waals surface area contributed by atoms with Crippen molar-refractivity contribution in [3.05, 3.63) is 35.5 Å². The van der Waals surface area contributed by atoms with Crippen molar-refractivity contribution in [1.29, 1.82) is 0 Å². The van der Waals surface area contributed by atoms with Gasteiger partial charge in [-0.2, -0.15) is 0 Å². The largest absolute Gasteiger partial charge is 0.393 e. The number of hydrogen-bond acceptors (Lipinski definition) is 4. The molecule has 4 N–H and O–H groups in total. The molecule has 3 rings (SSSR count). The van der Waals surface area contributed by atoms with Crippen LogP contribution in [0.2, 0.25) is 0 Å². The van der Waals surface area contributed by atoms with Gasteiger partial charge >= 0.3 is 0 Å². The van der Waals surface area contributed by atoms with E-state index in [2.05, 4.69) is 32.6 Å². The predicted molar refractivity (Wildman–Crippen MR) is 135 cm³/mol. The molecule has 0 radical (unpaired) electrons. The third-order valence-corrected chi connectivity index (χ3v) is 9.77. The molecule has 0 aliphatic heterocycles. The summed E-state index contributed by atoms with van der Waals surface area (Å²) >= 11 is 0. The molecular weight excluding hydrogens is 412 g/mol. The molecule has 0 spiro atoms. The molecule has 3 saturated carbocycles. The second kappa shape index (κ2) is 10.8. The van der Waals surface area contributed by atoms with Gasteiger partial charge in [0.25, 0.3) is 0 Å². The lowest BCUT2D eigenvalue weighted by atomic mass is 9.60. The van der Waals surface area contributed by atoms with E-state index in [1.54, 1.807) is 0 Å². The molecule has 0 aromatic heterocycles. The van der Waals surface area contributed by atoms with E-state index in [1.165, 1.54) is 18.4 Å². The Morgan fingerprint density at radius 3 is 2.55 bits per heavy atom. The molecule has 33 heavy (non-hydrogen) atoms. The molecule has 3 fully saturated rings. The molecular formula is C29H48O4. The fourth-order valence-corrected chi connectivity index (χ4v) is 7.16. The van der Waals surface area contributed by atoms with Crippen LogP contribution in [0.15, 0.2) is 35.5 Å². The van der Waals surface area contributed by atoms with Crippen LogP contribution in [0, 0.1) is 23.2 Å². The van der Waals surface area contributed by atoms with Crippen LogP contribution in [-0.4, -0.2) is 44.3 Å². The fraction of sp³-hybridized carbons (Fsp3) is 0.793. The van der Waals surface area contributed by atoms with Crippen LogP contribution in [0.3, 0.4) is 0 Å². The minimum Gasteiger partial charge on any atom is -0.393 e. The smallest absolute Gasteiger partial charge is 0.0811 e. The number of aliphatic hydroxyl groups is 4. The normalized spacial score (nSPS) is 37.4. The van der Waals surface area contributed by atoms with Crippen LogP contribution in [0.1, 0.15) is 98.3 Å². The van der Waals surface area contributed by atoms with Gasteiger partial charge in [-0.3, -0.25) is 0 Å². The van der Waals surface area contributed by atoms with Gasteiger partial charge in [0.05, 0.1) is 23.9 Å². The van der Waals surface area contributed by atoms with Gasteiger partial charge in [-0.05, 0) is 98.5 Å². The maximum atomic E-state index is 11.1. The van der Waals surface area contributed by atoms with Crippen molar-refractivity contribution in [1.82, 2.24) is 0 Å². The van der Waals surface area contributed by atoms with Crippen molar-refractivity contribution in [3.63, 3.8) is 0 Å². The highest BCUT2D eigenvalue weighted by Crippen LogP contribution is 2.60. The lowest BCUT2D eigenvalue weighted by Gasteiger charge is -2.45. The second-order valence-electron chi connectivity index (χ2n) is 11.6. The highest BCUT2D eigenvalue weighted by atomic mass is 16.3. The first-order valence-corrected chi connectivity index (χ1v) is 13.4. The lowest BCUT2D eigenvalue weighted by molar-refractivity contribution is -0.0182. The van der Waals surface area contributed by atoms with Crippen LogP contribution in [-0.2, 0) is 0 Å². The van der Waals surface area contributed by atoms with Gasteiger partial charge in [-0.15, -0.1) is 0 Å². The van der Waals surface area contributed by atoms with Crippen molar-refractivity contribution < 1.29 is 20.4 Å². The Morgan fingerprint density at radius 1 is 1.18 bits per heavy atom. The Morgan fingerprint density at radius 2 is 1.88 bits per heavy atom. The quantitative estimate of drug-likeness (QED) is 0.388. The summed E-state index contributed by atoms with van der Waals surface area (Å²) in [5, 5.41) is 41.9. The highest BCUT2D eigenvalue weighted by Gasteiger charge is 2.51. The molecule has 0 heterocycles. The molecule has 7 atom stereocenters. The van der Waals surface area contributed by atoms with Gasteiger partial charge in [-0.1, -0.05) is 52.0 Å². The van der Waals surface area contributed by atoms with Crippen molar-refractivity contribution in [2.24, 2.45) is 23.2 Å². The van der Waals surface area contributed by atoms with E-state index in [0.717, 1.165) is 43.3 Å². The zero-order valence-corrected chi connectivity index (χ0v) is 21.4. The first kappa shape index (κ1) is 26.7. The van der Waals surface area contributed by atoms with E-state index in [9.17, 15) is 20.4 Å². The van der Waals surface area contributed by atoms with Crippen LogP contribution in [0.4, 0.5) is 0 Å². The molecule has 3 aliphatic rings. The van der Waals surface area contributed by atoms with Gasteiger partial charge in [0.15, 0.2) is 0 Å². The highest BCUT2D eigenvalue weighted by molar-refractivity contribution is 5.38. The van der Waals surface area contributed by atoms with Gasteiger partial charge in [0.1, 0.15) is 0 Å². The number of aliphatic hydroxyl groups excluding tert-OH is 3. The Labute approximate surface area is 201 Å². The Hall–Kier alpha value is -0.940. The third kappa shape index (κ3) is 5.66. The summed E-state index contributed by atoms with van der Waals surface area (Å²) in [6, 6.07) is 0. The Balaban J connectivity index is 1.72. The summed E-state index contributed by atoms with van der Waals surface area (Å²) in [6.07, 6.45) is 12.3. The summed E-state index contributed by atoms with van der Waals surface area (Å²) in [7, 11) is 0. The molecule has 188 valence electrons. The SMILES string of the molecule is C=C1/C(=C\C=C2/CCC[C@]3(C)[C@@H]([C@H](C)[C@@H](O)CCC(O)(CC)CC)CC[C@@H]23)C[C@@H](O)C[C@@H]1O. The maximum absolute atomic E-state index is 11.1. The number of rotatable bonds is 8. The molecule has 0 unspecified atom stereocenters. The molecule has 3 aliphatic carbocycles. The summed E-state index contributed by atoms with van der Waals surface area (Å²) in [5.74, 6) is 1.23. The maximum Gasteiger partial charge on any atom is 0.0811 e. The Bertz CT molecular complexity index is 749. The van der Waals surface area contributed by atoms with Gasteiger partial charge < -0.3 is 20.4 Å². The molecule has 0 aromatic carbocycles. The first-order valence-electron chi connectivity index (χ1n) is 13.4. The zero-order valence-electron chi connectivity index (χ0n) is 21.4. The van der Waals surface area contributed by atoms with Crippen molar-refractivity contribution >= 4 is 0 Å². The predicted octanol–water partition coefficient (Wildman–Crippen LogP) is 5.46. The number of hydrogen-bond donors (Lipinski definition) is 4. The van der Waals surface area contributed by atoms with E-state index in [1.807, 2.05) is 13.8 Å². The molecule has 4 heteroatoms. The van der Waals surface area contributed by atoms with Crippen molar-refractivity contribution in [2.75, 3.05) is 0 Å². The molecule has 0 amide bonds. The summed E-state index contributed by atoms with van der Waals surface area (Å²) in [5.41, 5.74) is 2.74. The Kier molecular flexibility index (Phi) is 8.70. The standard InChI is InChI=1S/C29H48O4/c1-6-29(33,7-2)16-14-26(31)20(4)24-12-13-25-21(9-8-15-28(24,25)5)10-11-22-17-23(30)18-27(32)19(22)3/h10-11,20,23-27,30-33H,3,6-9,12-18H2,1-2,4-5H3/b21-10+,22-11-/t20-,23+,24+,25-,26-,27-,28+/m0/s1. The van der Waals surface area contributed by atoms with E-state index in [-0.39, 0.29) is 17.4 Å². The number of fused-ring (bicyclic) bond motifs is 1. The minimum absolute atomic E-state index is 0.192. The summed E-state index contributed by atoms with van der Waals surface area (Å²) < 4.78 is 0. The van der Waals surface area contributed by atoms with Crippen LogP contribution < -0.4 is 0 Å². The topological polar surface area (TPSA) is 80.9 Å². The molecule has 0 saturated heterocycles. The van der Waals surface area contributed by atoms with Gasteiger partial charge in [-0.25, -0.2) is 0 Å². The van der Waals surface area contributed by atoms with Crippen LogP contribution in [0.5, 0.6) is 0 Å². The van der Waals surface area contributed by atoms with E-state index in [4.69, 9.17) is 0 Å². The van der Waals surface area contributed by atoms with Gasteiger partial charge in [0, 0.05) is 6.42 Å². The lowest BCUT2D eigenvalue weighted by Crippen LogP contribution is -2.40. The van der Waals surface area contributed by atoms with Crippen LogP contribution >= 0.6 is 0 Å². The van der Waals surface area contributed by atoms with E-state index < -0.39 is 17.8 Å². The van der Waals surface area contributed by atoms with Crippen molar-refractivity contribution in [3.8, 4) is 0 Å². The first-order chi connectivity index (χ1) is 15.5. The average molecular weight is 461 g/mol. The number of allylic oxidation sites excluding steroid dienone is 3. The zero-order chi connectivity index (χ0) is 24.4. The average Bonchev–Trinajstić information content (AvgIpc) is 3.15. The van der Waals surface area contributed by atoms with E-state index in [0.29, 0.717) is 37.5 Å². The fourth-order valence-electron chi connectivity index (χ4n) is 7.16. The van der Waals surface area contributed by atoms with Crippen molar-refractivity contribution in [2.45, 2.75) is 122 Å². The molecule has 0 bridgehead atoms.